The Labute approximate surface area is 170 Å². The van der Waals surface area contributed by atoms with E-state index >= 15 is 0 Å². The number of carbonyl (C=O) groups is 2. The summed E-state index contributed by atoms with van der Waals surface area (Å²) in [5, 5.41) is 10.3. The van der Waals surface area contributed by atoms with Gasteiger partial charge in [-0.05, 0) is 61.7 Å². The first-order valence-corrected chi connectivity index (χ1v) is 9.60. The van der Waals surface area contributed by atoms with Gasteiger partial charge in [0, 0.05) is 0 Å². The molecule has 6 heteroatoms. The molecule has 0 saturated carbocycles. The van der Waals surface area contributed by atoms with Crippen LogP contribution in [0.3, 0.4) is 0 Å². The Morgan fingerprint density at radius 2 is 1.45 bits per heavy atom. The van der Waals surface area contributed by atoms with E-state index in [4.69, 9.17) is 9.47 Å². The highest BCUT2D eigenvalue weighted by Gasteiger charge is 2.40. The molecule has 2 amide bonds. The summed E-state index contributed by atoms with van der Waals surface area (Å²) in [4.78, 5) is 26.4. The second kappa shape index (κ2) is 8.39. The van der Waals surface area contributed by atoms with E-state index in [0.29, 0.717) is 35.3 Å². The van der Waals surface area contributed by atoms with Gasteiger partial charge in [0.2, 0.25) is 0 Å². The first-order chi connectivity index (χ1) is 13.8. The molecule has 0 unspecified atom stereocenters. The zero-order chi connectivity index (χ0) is 21.1. The van der Waals surface area contributed by atoms with Gasteiger partial charge < -0.3 is 14.6 Å². The van der Waals surface area contributed by atoms with Crippen LogP contribution in [-0.4, -0.2) is 29.6 Å². The van der Waals surface area contributed by atoms with Crippen LogP contribution in [0.1, 0.15) is 33.3 Å². The van der Waals surface area contributed by atoms with Gasteiger partial charge in [0.05, 0.1) is 24.0 Å². The van der Waals surface area contributed by atoms with Crippen LogP contribution >= 0.6 is 0 Å². The van der Waals surface area contributed by atoms with Crippen LogP contribution in [0, 0.1) is 5.92 Å². The molecule has 0 bridgehead atoms. The second-order valence-electron chi connectivity index (χ2n) is 7.56. The monoisotopic (exact) mass is 395 g/mol. The molecule has 3 rings (SSSR count). The van der Waals surface area contributed by atoms with Gasteiger partial charge in [0.25, 0.3) is 5.91 Å². The van der Waals surface area contributed by atoms with Crippen LogP contribution in [-0.2, 0) is 9.59 Å². The molecule has 2 aromatic rings. The van der Waals surface area contributed by atoms with Crippen molar-refractivity contribution in [3.05, 3.63) is 59.9 Å². The summed E-state index contributed by atoms with van der Waals surface area (Å²) in [6.45, 7) is 8.50. The largest absolute Gasteiger partial charge is 0.502 e. The van der Waals surface area contributed by atoms with E-state index in [1.54, 1.807) is 48.5 Å². The average molecular weight is 395 g/mol. The normalized spacial score (nSPS) is 14.3. The van der Waals surface area contributed by atoms with Crippen LogP contribution < -0.4 is 14.4 Å². The number of aliphatic hydroxyl groups is 1. The summed E-state index contributed by atoms with van der Waals surface area (Å²) in [6.07, 6.45) is 0.0196. The molecule has 0 atom stereocenters. The Hall–Kier alpha value is -3.28. The number of rotatable bonds is 7. The lowest BCUT2D eigenvalue weighted by Crippen LogP contribution is -2.31. The van der Waals surface area contributed by atoms with Crippen molar-refractivity contribution in [1.29, 1.82) is 0 Å². The van der Waals surface area contributed by atoms with Crippen molar-refractivity contribution in [3.8, 4) is 11.5 Å². The standard InChI is InChI=1S/C23H25NO5/c1-14(2)13-28-18-11-7-17(8-12-18)24-22(26)20(21(25)23(24)27)16-5-9-19(10-6-16)29-15(3)4/h5-12,14-15,25H,13H2,1-4H3. The molecule has 1 N–H and O–H groups in total. The quantitative estimate of drug-likeness (QED) is 0.706. The van der Waals surface area contributed by atoms with E-state index in [9.17, 15) is 14.7 Å². The Morgan fingerprint density at radius 3 is 2.00 bits per heavy atom. The molecule has 0 spiro atoms. The zero-order valence-corrected chi connectivity index (χ0v) is 17.0. The third-order valence-electron chi connectivity index (χ3n) is 4.25. The summed E-state index contributed by atoms with van der Waals surface area (Å²) >= 11 is 0. The maximum atomic E-state index is 12.9. The van der Waals surface area contributed by atoms with Gasteiger partial charge in [-0.2, -0.15) is 0 Å². The fraction of sp³-hybridized carbons (Fsp3) is 0.304. The number of nitrogens with zero attached hydrogens (tertiary/aromatic N) is 1. The topological polar surface area (TPSA) is 76.1 Å². The zero-order valence-electron chi connectivity index (χ0n) is 17.0. The Balaban J connectivity index is 1.81. The molecule has 0 aromatic heterocycles. The van der Waals surface area contributed by atoms with Gasteiger partial charge >= 0.3 is 5.91 Å². The predicted octanol–water partition coefficient (Wildman–Crippen LogP) is 4.35. The van der Waals surface area contributed by atoms with Crippen molar-refractivity contribution in [3.63, 3.8) is 0 Å². The minimum absolute atomic E-state index is 0.0196. The first-order valence-electron chi connectivity index (χ1n) is 9.60. The van der Waals surface area contributed by atoms with Crippen molar-refractivity contribution in [2.24, 2.45) is 5.92 Å². The summed E-state index contributed by atoms with van der Waals surface area (Å²) in [5.41, 5.74) is 0.806. The number of benzene rings is 2. The van der Waals surface area contributed by atoms with E-state index in [2.05, 4.69) is 0 Å². The average Bonchev–Trinajstić information content (AvgIpc) is 2.90. The van der Waals surface area contributed by atoms with E-state index in [0.717, 1.165) is 4.90 Å². The van der Waals surface area contributed by atoms with Gasteiger partial charge in [-0.15, -0.1) is 0 Å². The highest BCUT2D eigenvalue weighted by Crippen LogP contribution is 2.33. The van der Waals surface area contributed by atoms with Crippen LogP contribution in [0.25, 0.3) is 5.57 Å². The van der Waals surface area contributed by atoms with Gasteiger partial charge in [0.15, 0.2) is 5.76 Å². The molecular weight excluding hydrogens is 370 g/mol. The molecule has 152 valence electrons. The number of amides is 2. The molecule has 6 nitrogen and oxygen atoms in total. The second-order valence-corrected chi connectivity index (χ2v) is 7.56. The van der Waals surface area contributed by atoms with Crippen molar-refractivity contribution >= 4 is 23.1 Å². The van der Waals surface area contributed by atoms with Crippen LogP contribution in [0.2, 0.25) is 0 Å². The smallest absolute Gasteiger partial charge is 0.301 e. The summed E-state index contributed by atoms with van der Waals surface area (Å²) in [6, 6.07) is 13.4. The molecule has 1 aliphatic heterocycles. The van der Waals surface area contributed by atoms with Gasteiger partial charge in [0.1, 0.15) is 11.5 Å². The van der Waals surface area contributed by atoms with E-state index < -0.39 is 17.6 Å². The highest BCUT2D eigenvalue weighted by molar-refractivity contribution is 6.44. The molecule has 29 heavy (non-hydrogen) atoms. The third kappa shape index (κ3) is 4.42. The molecule has 0 fully saturated rings. The Kier molecular flexibility index (Phi) is 5.92. The summed E-state index contributed by atoms with van der Waals surface area (Å²) < 4.78 is 11.2. The van der Waals surface area contributed by atoms with Crippen molar-refractivity contribution < 1.29 is 24.2 Å². The SMILES string of the molecule is CC(C)COc1ccc(N2C(=O)C(O)=C(c3ccc(OC(C)C)cc3)C2=O)cc1. The summed E-state index contributed by atoms with van der Waals surface area (Å²) in [5.74, 6) is -0.191. The Bertz CT molecular complexity index is 927. The predicted molar refractivity (Wildman–Crippen MR) is 111 cm³/mol. The first kappa shape index (κ1) is 20.5. The maximum absolute atomic E-state index is 12.9. The van der Waals surface area contributed by atoms with Crippen LogP contribution in [0.4, 0.5) is 5.69 Å². The number of carbonyl (C=O) groups excluding carboxylic acids is 2. The van der Waals surface area contributed by atoms with Gasteiger partial charge in [-0.1, -0.05) is 26.0 Å². The number of aliphatic hydroxyl groups excluding tert-OH is 1. The molecule has 1 heterocycles. The fourth-order valence-corrected chi connectivity index (χ4v) is 2.94. The maximum Gasteiger partial charge on any atom is 0.301 e. The van der Waals surface area contributed by atoms with Crippen molar-refractivity contribution in [2.45, 2.75) is 33.8 Å². The van der Waals surface area contributed by atoms with Crippen LogP contribution in [0.5, 0.6) is 11.5 Å². The lowest BCUT2D eigenvalue weighted by Gasteiger charge is -2.16. The number of anilines is 1. The number of imide groups is 1. The molecular formula is C23H25NO5. The minimum Gasteiger partial charge on any atom is -0.502 e. The molecule has 1 aliphatic rings. The van der Waals surface area contributed by atoms with E-state index in [1.165, 1.54) is 0 Å². The number of hydrogen-bond donors (Lipinski definition) is 1. The van der Waals surface area contributed by atoms with E-state index in [1.807, 2.05) is 27.7 Å². The fourth-order valence-electron chi connectivity index (χ4n) is 2.94. The lowest BCUT2D eigenvalue weighted by atomic mass is 10.1. The summed E-state index contributed by atoms with van der Waals surface area (Å²) in [7, 11) is 0. The van der Waals surface area contributed by atoms with Crippen molar-refractivity contribution in [1.82, 2.24) is 0 Å². The lowest BCUT2D eigenvalue weighted by molar-refractivity contribution is -0.121. The van der Waals surface area contributed by atoms with Crippen molar-refractivity contribution in [2.75, 3.05) is 11.5 Å². The molecule has 0 aliphatic carbocycles. The molecule has 0 saturated heterocycles. The number of ether oxygens (including phenoxy) is 2. The minimum atomic E-state index is -0.747. The third-order valence-corrected chi connectivity index (χ3v) is 4.25. The molecule has 2 aromatic carbocycles. The highest BCUT2D eigenvalue weighted by atomic mass is 16.5. The van der Waals surface area contributed by atoms with E-state index in [-0.39, 0.29) is 11.7 Å². The van der Waals surface area contributed by atoms with Gasteiger partial charge in [-0.25, -0.2) is 4.90 Å². The molecule has 0 radical (unpaired) electrons. The van der Waals surface area contributed by atoms with Gasteiger partial charge in [-0.3, -0.25) is 9.59 Å². The number of hydrogen-bond acceptors (Lipinski definition) is 5. The van der Waals surface area contributed by atoms with Crippen LogP contribution in [0.15, 0.2) is 54.3 Å². The Morgan fingerprint density at radius 1 is 0.862 bits per heavy atom.